The van der Waals surface area contributed by atoms with Gasteiger partial charge in [0, 0.05) is 34.3 Å². The molecule has 44 heavy (non-hydrogen) atoms. The van der Waals surface area contributed by atoms with Gasteiger partial charge in [-0.25, -0.2) is 19.6 Å². The number of nitrogens with zero attached hydrogens (tertiary/aromatic N) is 2. The van der Waals surface area contributed by atoms with Crippen LogP contribution in [-0.2, 0) is 16.1 Å². The molecule has 0 aliphatic carbocycles. The molecule has 0 aliphatic heterocycles. The van der Waals surface area contributed by atoms with Crippen molar-refractivity contribution in [2.75, 3.05) is 13.2 Å². The van der Waals surface area contributed by atoms with Crippen LogP contribution in [0.2, 0.25) is 5.02 Å². The van der Waals surface area contributed by atoms with Crippen LogP contribution in [0.4, 0.5) is 26.3 Å². The zero-order chi connectivity index (χ0) is 33.1. The molecule has 2 heterocycles. The smallest absolute Gasteiger partial charge is 0.490 e. The fourth-order valence-electron chi connectivity index (χ4n) is 2.98. The maximum Gasteiger partial charge on any atom is 0.490 e. The summed E-state index contributed by atoms with van der Waals surface area (Å²) in [6.07, 6.45) is -9.07. The molecule has 4 aromatic rings. The number of H-pyrrole nitrogens is 1. The van der Waals surface area contributed by atoms with Crippen molar-refractivity contribution >= 4 is 50.6 Å². The molecule has 0 spiro atoms. The highest BCUT2D eigenvalue weighted by atomic mass is 79.9. The number of pyridine rings is 1. The van der Waals surface area contributed by atoms with Crippen molar-refractivity contribution in [3.8, 4) is 17.1 Å². The molecule has 4 rings (SSSR count). The van der Waals surface area contributed by atoms with Gasteiger partial charge in [-0.15, -0.1) is 0 Å². The van der Waals surface area contributed by atoms with Gasteiger partial charge in [0.05, 0.1) is 0 Å². The third-order valence-corrected chi connectivity index (χ3v) is 5.81. The lowest BCUT2D eigenvalue weighted by Crippen LogP contribution is -2.31. The standard InChI is InChI=1S/C22H20BrClN4O2.2C2HF3O2/c23-16-9-20-22(26-11-16)28-21(27-20)14-5-7-18(8-6-14)30-13-17(29)12-25-10-15-3-1-2-4-19(15)24;2*3-2(4,5)1(6)7/h1-9,11,17,25,29H,10,12-13H2,(H,26,27,28);2*(H,6,7). The summed E-state index contributed by atoms with van der Waals surface area (Å²) in [5.74, 6) is -4.09. The first-order valence-electron chi connectivity index (χ1n) is 11.9. The Balaban J connectivity index is 0.000000402. The van der Waals surface area contributed by atoms with Crippen LogP contribution >= 0.6 is 27.5 Å². The molecule has 0 aliphatic rings. The second kappa shape index (κ2) is 16.2. The molecule has 18 heteroatoms. The van der Waals surface area contributed by atoms with E-state index in [4.69, 9.17) is 36.1 Å². The minimum atomic E-state index is -5.08. The third kappa shape index (κ3) is 12.4. The maximum atomic E-state index is 10.6. The van der Waals surface area contributed by atoms with E-state index in [1.165, 1.54) is 0 Å². The number of carbonyl (C=O) groups is 2. The molecular formula is C26H22BrClF6N4O6. The van der Waals surface area contributed by atoms with Crippen LogP contribution in [0.1, 0.15) is 5.56 Å². The van der Waals surface area contributed by atoms with E-state index >= 15 is 0 Å². The minimum absolute atomic E-state index is 0.192. The number of ether oxygens (including phenoxy) is 1. The second-order valence-electron chi connectivity index (χ2n) is 8.42. The number of benzene rings is 2. The first-order valence-corrected chi connectivity index (χ1v) is 13.1. The number of hydrogen-bond acceptors (Lipinski definition) is 7. The van der Waals surface area contributed by atoms with Gasteiger partial charge >= 0.3 is 24.3 Å². The van der Waals surface area contributed by atoms with E-state index in [2.05, 4.69) is 36.2 Å². The first-order chi connectivity index (χ1) is 20.5. The van der Waals surface area contributed by atoms with Gasteiger partial charge in [0.2, 0.25) is 0 Å². The topological polar surface area (TPSA) is 158 Å². The summed E-state index contributed by atoms with van der Waals surface area (Å²) in [5.41, 5.74) is 3.46. The van der Waals surface area contributed by atoms with Crippen LogP contribution in [0.5, 0.6) is 5.75 Å². The summed E-state index contributed by atoms with van der Waals surface area (Å²) < 4.78 is 70.1. The molecule has 1 atom stereocenters. The second-order valence-corrected chi connectivity index (χ2v) is 9.75. The summed E-state index contributed by atoms with van der Waals surface area (Å²) in [6.45, 7) is 1.19. The number of fused-ring (bicyclic) bond motifs is 1. The number of imidazole rings is 1. The van der Waals surface area contributed by atoms with Crippen LogP contribution in [0.3, 0.4) is 0 Å². The van der Waals surface area contributed by atoms with Crippen molar-refractivity contribution in [2.45, 2.75) is 25.0 Å². The number of carboxylic acid groups (broad SMARTS) is 2. The zero-order valence-electron chi connectivity index (χ0n) is 22.0. The van der Waals surface area contributed by atoms with Gasteiger partial charge in [0.15, 0.2) is 5.65 Å². The fraction of sp³-hybridized carbons (Fsp3) is 0.231. The van der Waals surface area contributed by atoms with Crippen molar-refractivity contribution in [1.82, 2.24) is 20.3 Å². The Morgan fingerprint density at radius 3 is 2.11 bits per heavy atom. The monoisotopic (exact) mass is 714 g/mol. The Kier molecular flexibility index (Phi) is 13.4. The van der Waals surface area contributed by atoms with Crippen molar-refractivity contribution < 1.29 is 56.0 Å². The lowest BCUT2D eigenvalue weighted by Gasteiger charge is -2.14. The number of hydrogen-bond donors (Lipinski definition) is 5. The van der Waals surface area contributed by atoms with Gasteiger partial charge in [-0.1, -0.05) is 29.8 Å². The summed E-state index contributed by atoms with van der Waals surface area (Å²) in [6, 6.07) is 17.1. The minimum Gasteiger partial charge on any atom is -0.491 e. The molecule has 0 bridgehead atoms. The molecule has 0 saturated carbocycles. The van der Waals surface area contributed by atoms with Gasteiger partial charge in [-0.05, 0) is 57.9 Å². The molecule has 0 amide bonds. The van der Waals surface area contributed by atoms with E-state index in [0.29, 0.717) is 23.9 Å². The van der Waals surface area contributed by atoms with Gasteiger partial charge in [-0.3, -0.25) is 0 Å². The molecule has 2 aromatic carbocycles. The first kappa shape index (κ1) is 36.3. The van der Waals surface area contributed by atoms with E-state index in [0.717, 1.165) is 32.6 Å². The van der Waals surface area contributed by atoms with Crippen molar-refractivity contribution in [3.63, 3.8) is 0 Å². The Morgan fingerprint density at radius 2 is 1.57 bits per heavy atom. The van der Waals surface area contributed by atoms with E-state index in [9.17, 15) is 31.4 Å². The van der Waals surface area contributed by atoms with Crippen LogP contribution in [-0.4, -0.2) is 73.8 Å². The highest BCUT2D eigenvalue weighted by molar-refractivity contribution is 9.10. The maximum absolute atomic E-state index is 10.6. The predicted molar refractivity (Wildman–Crippen MR) is 149 cm³/mol. The zero-order valence-corrected chi connectivity index (χ0v) is 24.3. The number of aromatic nitrogens is 3. The van der Waals surface area contributed by atoms with Gasteiger partial charge in [-0.2, -0.15) is 26.3 Å². The number of aliphatic carboxylic acids is 2. The number of aromatic amines is 1. The molecule has 238 valence electrons. The Labute approximate surface area is 257 Å². The highest BCUT2D eigenvalue weighted by Gasteiger charge is 2.38. The number of rotatable bonds is 8. The van der Waals surface area contributed by atoms with Crippen LogP contribution in [0.25, 0.3) is 22.6 Å². The summed E-state index contributed by atoms with van der Waals surface area (Å²) in [5, 5.41) is 28.3. The number of carboxylic acids is 2. The number of halogens is 8. The molecule has 1 unspecified atom stereocenters. The average Bonchev–Trinajstić information content (AvgIpc) is 3.36. The number of aliphatic hydroxyl groups excluding tert-OH is 1. The quantitative estimate of drug-likeness (QED) is 0.142. The van der Waals surface area contributed by atoms with Gasteiger partial charge in [0.1, 0.15) is 29.8 Å². The molecule has 0 radical (unpaired) electrons. The Bertz CT molecular complexity index is 1510. The average molecular weight is 716 g/mol. The lowest BCUT2D eigenvalue weighted by molar-refractivity contribution is -0.193. The van der Waals surface area contributed by atoms with Crippen LogP contribution in [0.15, 0.2) is 65.3 Å². The lowest BCUT2D eigenvalue weighted by atomic mass is 10.2. The largest absolute Gasteiger partial charge is 0.491 e. The van der Waals surface area contributed by atoms with E-state index < -0.39 is 30.4 Å². The predicted octanol–water partition coefficient (Wildman–Crippen LogP) is 5.84. The highest BCUT2D eigenvalue weighted by Crippen LogP contribution is 2.24. The molecule has 10 nitrogen and oxygen atoms in total. The number of alkyl halides is 6. The van der Waals surface area contributed by atoms with Crippen LogP contribution < -0.4 is 10.1 Å². The third-order valence-electron chi connectivity index (χ3n) is 5.01. The van der Waals surface area contributed by atoms with Crippen molar-refractivity contribution in [2.24, 2.45) is 0 Å². The van der Waals surface area contributed by atoms with Gasteiger partial charge < -0.3 is 30.4 Å². The van der Waals surface area contributed by atoms with E-state index in [-0.39, 0.29) is 6.61 Å². The molecule has 2 aromatic heterocycles. The van der Waals surface area contributed by atoms with Crippen LogP contribution in [0, 0.1) is 0 Å². The number of nitrogens with one attached hydrogen (secondary N) is 2. The summed E-state index contributed by atoms with van der Waals surface area (Å²) in [4.78, 5) is 29.9. The van der Waals surface area contributed by atoms with Crippen molar-refractivity contribution in [1.29, 1.82) is 0 Å². The Morgan fingerprint density at radius 1 is 1.00 bits per heavy atom. The fourth-order valence-corrected chi connectivity index (χ4v) is 3.50. The molecule has 0 fully saturated rings. The van der Waals surface area contributed by atoms with Crippen molar-refractivity contribution in [3.05, 3.63) is 75.9 Å². The van der Waals surface area contributed by atoms with E-state index in [1.54, 1.807) is 6.20 Å². The normalized spacial score (nSPS) is 11.9. The number of aliphatic hydroxyl groups is 1. The van der Waals surface area contributed by atoms with E-state index in [1.807, 2.05) is 54.6 Å². The SMILES string of the molecule is O=C(O)C(F)(F)F.O=C(O)C(F)(F)F.OC(CNCc1ccccc1Cl)COc1ccc(-c2nc3cc(Br)cnc3[nH]2)cc1. The molecular weight excluding hydrogens is 694 g/mol. The summed E-state index contributed by atoms with van der Waals surface area (Å²) >= 11 is 9.53. The Hall–Kier alpha value is -3.93. The van der Waals surface area contributed by atoms with Gasteiger partial charge in [0.25, 0.3) is 0 Å². The molecule has 5 N–H and O–H groups in total. The molecule has 0 saturated heterocycles. The summed E-state index contributed by atoms with van der Waals surface area (Å²) in [7, 11) is 0.